The Bertz CT molecular complexity index is 125. The smallest absolute Gasteiger partial charge is 0.0943 e. The molecular formula is C8H14O. The lowest BCUT2D eigenvalue weighted by Crippen LogP contribution is -2.06. The van der Waals surface area contributed by atoms with E-state index in [1.807, 2.05) is 6.92 Å². The van der Waals surface area contributed by atoms with Crippen LogP contribution in [0, 0.1) is 11.8 Å². The highest BCUT2D eigenvalue weighted by molar-refractivity contribution is 5.00. The molecule has 0 aromatic rings. The topological polar surface area (TPSA) is 9.23 Å². The van der Waals surface area contributed by atoms with E-state index in [0.717, 1.165) is 18.3 Å². The minimum atomic E-state index is 0.657. The minimum absolute atomic E-state index is 0.657. The second-order valence-corrected chi connectivity index (χ2v) is 3.00. The molecule has 0 bridgehead atoms. The molecule has 1 heterocycles. The lowest BCUT2D eigenvalue weighted by atomic mass is 9.98. The molecule has 1 atom stereocenters. The average molecular weight is 126 g/mol. The summed E-state index contributed by atoms with van der Waals surface area (Å²) in [4.78, 5) is 0. The summed E-state index contributed by atoms with van der Waals surface area (Å²) in [7, 11) is 0. The number of hydrogen-bond acceptors (Lipinski definition) is 1. The van der Waals surface area contributed by atoms with Crippen molar-refractivity contribution in [2.24, 2.45) is 11.8 Å². The molecule has 1 nitrogen and oxygen atoms in total. The molecule has 0 radical (unpaired) electrons. The Kier molecular flexibility index (Phi) is 1.79. The maximum Gasteiger partial charge on any atom is 0.0943 e. The molecular weight excluding hydrogens is 112 g/mol. The van der Waals surface area contributed by atoms with E-state index in [-0.39, 0.29) is 0 Å². The number of hydrogen-bond donors (Lipinski definition) is 0. The maximum absolute atomic E-state index is 5.29. The molecule has 1 aliphatic heterocycles. The third-order valence-electron chi connectivity index (χ3n) is 1.81. The molecule has 0 unspecified atom stereocenters. The summed E-state index contributed by atoms with van der Waals surface area (Å²) < 4.78 is 5.29. The quantitative estimate of drug-likeness (QED) is 0.523. The molecule has 1 rings (SSSR count). The first kappa shape index (κ1) is 6.66. The van der Waals surface area contributed by atoms with Crippen molar-refractivity contribution in [3.05, 3.63) is 11.8 Å². The van der Waals surface area contributed by atoms with Crippen LogP contribution >= 0.6 is 0 Å². The summed E-state index contributed by atoms with van der Waals surface area (Å²) in [5.41, 5.74) is 0. The Morgan fingerprint density at radius 2 is 2.33 bits per heavy atom. The van der Waals surface area contributed by atoms with E-state index in [2.05, 4.69) is 19.9 Å². The highest BCUT2D eigenvalue weighted by Gasteiger charge is 2.16. The number of ether oxygens (including phenoxy) is 1. The van der Waals surface area contributed by atoms with E-state index in [4.69, 9.17) is 4.74 Å². The van der Waals surface area contributed by atoms with Gasteiger partial charge in [-0.2, -0.15) is 0 Å². The van der Waals surface area contributed by atoms with Gasteiger partial charge in [-0.3, -0.25) is 0 Å². The van der Waals surface area contributed by atoms with Crippen LogP contribution in [0.2, 0.25) is 0 Å². The van der Waals surface area contributed by atoms with Crippen molar-refractivity contribution in [2.45, 2.75) is 20.8 Å². The Balaban J connectivity index is 2.47. The van der Waals surface area contributed by atoms with Crippen LogP contribution in [-0.4, -0.2) is 6.61 Å². The van der Waals surface area contributed by atoms with Crippen LogP contribution in [0.15, 0.2) is 11.8 Å². The van der Waals surface area contributed by atoms with Gasteiger partial charge in [0.05, 0.1) is 12.4 Å². The molecule has 0 amide bonds. The number of allylic oxidation sites excluding steroid dienone is 1. The zero-order chi connectivity index (χ0) is 6.85. The Morgan fingerprint density at radius 1 is 1.67 bits per heavy atom. The highest BCUT2D eigenvalue weighted by Crippen LogP contribution is 2.21. The van der Waals surface area contributed by atoms with Gasteiger partial charge in [0.2, 0.25) is 0 Å². The van der Waals surface area contributed by atoms with Gasteiger partial charge in [-0.05, 0) is 18.9 Å². The summed E-state index contributed by atoms with van der Waals surface area (Å²) in [5.74, 6) is 2.47. The van der Waals surface area contributed by atoms with Crippen molar-refractivity contribution in [3.63, 3.8) is 0 Å². The first-order chi connectivity index (χ1) is 4.20. The average Bonchev–Trinajstić information content (AvgIpc) is 2.14. The fourth-order valence-electron chi connectivity index (χ4n) is 1.01. The van der Waals surface area contributed by atoms with Crippen LogP contribution < -0.4 is 0 Å². The molecule has 52 valence electrons. The van der Waals surface area contributed by atoms with Gasteiger partial charge in [0.15, 0.2) is 0 Å². The molecule has 0 aliphatic carbocycles. The molecule has 1 heteroatoms. The standard InChI is InChI=1S/C8H14O/c1-6(2)8-4-7(3)9-5-8/h4,6,8H,5H2,1-3H3/t8-/m1/s1. The molecule has 0 spiro atoms. The van der Waals surface area contributed by atoms with Crippen LogP contribution in [-0.2, 0) is 4.74 Å². The van der Waals surface area contributed by atoms with Gasteiger partial charge in [0.1, 0.15) is 0 Å². The second kappa shape index (κ2) is 2.42. The molecule has 0 saturated heterocycles. The highest BCUT2D eigenvalue weighted by atomic mass is 16.5. The van der Waals surface area contributed by atoms with Gasteiger partial charge in [-0.15, -0.1) is 0 Å². The Labute approximate surface area is 56.7 Å². The molecule has 0 saturated carbocycles. The summed E-state index contributed by atoms with van der Waals surface area (Å²) >= 11 is 0. The van der Waals surface area contributed by atoms with Gasteiger partial charge >= 0.3 is 0 Å². The molecule has 0 N–H and O–H groups in total. The second-order valence-electron chi connectivity index (χ2n) is 3.00. The largest absolute Gasteiger partial charge is 0.498 e. The lowest BCUT2D eigenvalue weighted by Gasteiger charge is -2.08. The van der Waals surface area contributed by atoms with Crippen molar-refractivity contribution in [1.82, 2.24) is 0 Å². The summed E-state index contributed by atoms with van der Waals surface area (Å²) in [6, 6.07) is 0. The van der Waals surface area contributed by atoms with E-state index in [1.54, 1.807) is 0 Å². The van der Waals surface area contributed by atoms with Crippen LogP contribution in [0.4, 0.5) is 0 Å². The lowest BCUT2D eigenvalue weighted by molar-refractivity contribution is 0.202. The Hall–Kier alpha value is -0.460. The predicted molar refractivity (Wildman–Crippen MR) is 38.0 cm³/mol. The zero-order valence-electron chi connectivity index (χ0n) is 6.35. The summed E-state index contributed by atoms with van der Waals surface area (Å²) in [6.07, 6.45) is 2.21. The van der Waals surface area contributed by atoms with Gasteiger partial charge in [-0.1, -0.05) is 13.8 Å². The van der Waals surface area contributed by atoms with Gasteiger partial charge in [0, 0.05) is 5.92 Å². The van der Waals surface area contributed by atoms with Crippen LogP contribution in [0.3, 0.4) is 0 Å². The molecule has 9 heavy (non-hydrogen) atoms. The summed E-state index contributed by atoms with van der Waals surface area (Å²) in [5, 5.41) is 0. The fourth-order valence-corrected chi connectivity index (χ4v) is 1.01. The van der Waals surface area contributed by atoms with Crippen LogP contribution in [0.1, 0.15) is 20.8 Å². The van der Waals surface area contributed by atoms with Gasteiger partial charge in [0.25, 0.3) is 0 Å². The predicted octanol–water partition coefficient (Wildman–Crippen LogP) is 2.19. The van der Waals surface area contributed by atoms with Crippen molar-refractivity contribution >= 4 is 0 Å². The zero-order valence-corrected chi connectivity index (χ0v) is 6.35. The third-order valence-corrected chi connectivity index (χ3v) is 1.81. The first-order valence-corrected chi connectivity index (χ1v) is 3.51. The van der Waals surface area contributed by atoms with Crippen molar-refractivity contribution in [1.29, 1.82) is 0 Å². The molecule has 0 aromatic heterocycles. The number of rotatable bonds is 1. The van der Waals surface area contributed by atoms with Crippen molar-refractivity contribution in [3.8, 4) is 0 Å². The SMILES string of the molecule is CC1=C[C@@H](C(C)C)CO1. The first-order valence-electron chi connectivity index (χ1n) is 3.51. The Morgan fingerprint density at radius 3 is 2.56 bits per heavy atom. The fraction of sp³-hybridized carbons (Fsp3) is 0.750. The van der Waals surface area contributed by atoms with E-state index in [9.17, 15) is 0 Å². The van der Waals surface area contributed by atoms with E-state index in [1.165, 1.54) is 0 Å². The van der Waals surface area contributed by atoms with Gasteiger partial charge < -0.3 is 4.74 Å². The van der Waals surface area contributed by atoms with Crippen molar-refractivity contribution < 1.29 is 4.74 Å². The minimum Gasteiger partial charge on any atom is -0.498 e. The molecule has 0 aromatic carbocycles. The van der Waals surface area contributed by atoms with Crippen LogP contribution in [0.25, 0.3) is 0 Å². The molecule has 0 fully saturated rings. The molecule has 1 aliphatic rings. The monoisotopic (exact) mass is 126 g/mol. The van der Waals surface area contributed by atoms with E-state index >= 15 is 0 Å². The van der Waals surface area contributed by atoms with E-state index in [0.29, 0.717) is 5.92 Å². The maximum atomic E-state index is 5.29. The van der Waals surface area contributed by atoms with Gasteiger partial charge in [-0.25, -0.2) is 0 Å². The summed E-state index contributed by atoms with van der Waals surface area (Å²) in [6.45, 7) is 7.36. The van der Waals surface area contributed by atoms with E-state index < -0.39 is 0 Å². The normalized spacial score (nSPS) is 26.2. The third kappa shape index (κ3) is 1.47. The van der Waals surface area contributed by atoms with Crippen LogP contribution in [0.5, 0.6) is 0 Å². The van der Waals surface area contributed by atoms with Crippen molar-refractivity contribution in [2.75, 3.05) is 6.61 Å².